The van der Waals surface area contributed by atoms with Crippen LogP contribution >= 0.6 is 0 Å². The molecule has 116 valence electrons. The summed E-state index contributed by atoms with van der Waals surface area (Å²) in [6, 6.07) is 19.0. The van der Waals surface area contributed by atoms with Gasteiger partial charge in [0.1, 0.15) is 6.23 Å². The van der Waals surface area contributed by atoms with Gasteiger partial charge in [0.05, 0.1) is 11.9 Å². The van der Waals surface area contributed by atoms with Gasteiger partial charge in [-0.05, 0) is 18.1 Å². The molecule has 1 saturated heterocycles. The zero-order valence-corrected chi connectivity index (χ0v) is 13.2. The number of nitrogens with zero attached hydrogens (tertiary/aromatic N) is 1. The lowest BCUT2D eigenvalue weighted by atomic mass is 10.1. The number of ether oxygens (including phenoxy) is 1. The number of hydrogen-bond acceptors (Lipinski definition) is 3. The van der Waals surface area contributed by atoms with Crippen molar-refractivity contribution >= 4 is 10.0 Å². The summed E-state index contributed by atoms with van der Waals surface area (Å²) in [4.78, 5) is 0. The molecule has 1 heterocycles. The van der Waals surface area contributed by atoms with Gasteiger partial charge in [-0.25, -0.2) is 8.42 Å². The number of benzene rings is 2. The molecule has 0 spiro atoms. The van der Waals surface area contributed by atoms with Gasteiger partial charge < -0.3 is 4.74 Å². The average molecular weight is 317 g/mol. The molecule has 0 saturated carbocycles. The second-order valence-electron chi connectivity index (χ2n) is 5.45. The Bertz CT molecular complexity index is 716. The van der Waals surface area contributed by atoms with Crippen molar-refractivity contribution in [3.05, 3.63) is 71.8 Å². The van der Waals surface area contributed by atoms with E-state index >= 15 is 0 Å². The lowest BCUT2D eigenvalue weighted by molar-refractivity contribution is 0.0344. The highest BCUT2D eigenvalue weighted by Gasteiger charge is 2.38. The van der Waals surface area contributed by atoms with Gasteiger partial charge >= 0.3 is 0 Å². The SMILES string of the molecule is CC1OC(c2ccccc2)CN1S(=O)(=O)Cc1ccccc1. The summed E-state index contributed by atoms with van der Waals surface area (Å²) in [5, 5.41) is 0. The lowest BCUT2D eigenvalue weighted by Crippen LogP contribution is -2.35. The van der Waals surface area contributed by atoms with Crippen LogP contribution in [-0.2, 0) is 20.5 Å². The van der Waals surface area contributed by atoms with E-state index in [2.05, 4.69) is 0 Å². The number of rotatable bonds is 4. The first-order valence-electron chi connectivity index (χ1n) is 7.30. The first-order valence-corrected chi connectivity index (χ1v) is 8.91. The van der Waals surface area contributed by atoms with Crippen molar-refractivity contribution in [2.45, 2.75) is 25.0 Å². The lowest BCUT2D eigenvalue weighted by Gasteiger charge is -2.19. The topological polar surface area (TPSA) is 46.6 Å². The normalized spacial score (nSPS) is 22.8. The maximum Gasteiger partial charge on any atom is 0.220 e. The van der Waals surface area contributed by atoms with E-state index in [4.69, 9.17) is 4.74 Å². The van der Waals surface area contributed by atoms with E-state index in [9.17, 15) is 8.42 Å². The van der Waals surface area contributed by atoms with Gasteiger partial charge in [-0.3, -0.25) is 0 Å². The average Bonchev–Trinajstić information content (AvgIpc) is 2.92. The van der Waals surface area contributed by atoms with Crippen LogP contribution in [0.2, 0.25) is 0 Å². The largest absolute Gasteiger partial charge is 0.353 e. The Labute approximate surface area is 131 Å². The Morgan fingerprint density at radius 3 is 2.27 bits per heavy atom. The van der Waals surface area contributed by atoms with Gasteiger partial charge in [0.15, 0.2) is 0 Å². The minimum atomic E-state index is -3.39. The van der Waals surface area contributed by atoms with Crippen molar-refractivity contribution in [2.24, 2.45) is 0 Å². The van der Waals surface area contributed by atoms with Gasteiger partial charge in [0.25, 0.3) is 0 Å². The molecule has 2 atom stereocenters. The molecule has 0 bridgehead atoms. The van der Waals surface area contributed by atoms with Crippen molar-refractivity contribution in [1.29, 1.82) is 0 Å². The van der Waals surface area contributed by atoms with E-state index in [1.54, 1.807) is 6.92 Å². The number of sulfonamides is 1. The van der Waals surface area contributed by atoms with Crippen LogP contribution in [0.5, 0.6) is 0 Å². The van der Waals surface area contributed by atoms with Crippen LogP contribution in [0.3, 0.4) is 0 Å². The van der Waals surface area contributed by atoms with Crippen molar-refractivity contribution in [1.82, 2.24) is 4.31 Å². The molecule has 0 N–H and O–H groups in total. The maximum atomic E-state index is 12.6. The third-order valence-corrected chi connectivity index (χ3v) is 5.69. The molecule has 5 heteroatoms. The molecule has 0 amide bonds. The summed E-state index contributed by atoms with van der Waals surface area (Å²) >= 11 is 0. The van der Waals surface area contributed by atoms with E-state index in [1.165, 1.54) is 4.31 Å². The fourth-order valence-corrected chi connectivity index (χ4v) is 4.36. The van der Waals surface area contributed by atoms with E-state index in [0.717, 1.165) is 11.1 Å². The van der Waals surface area contributed by atoms with Crippen molar-refractivity contribution in [3.63, 3.8) is 0 Å². The summed E-state index contributed by atoms with van der Waals surface area (Å²) < 4.78 is 32.6. The molecule has 2 aromatic carbocycles. The maximum absolute atomic E-state index is 12.6. The van der Waals surface area contributed by atoms with Crippen LogP contribution in [0.25, 0.3) is 0 Å². The Hall–Kier alpha value is -1.69. The summed E-state index contributed by atoms with van der Waals surface area (Å²) in [5.41, 5.74) is 1.80. The summed E-state index contributed by atoms with van der Waals surface area (Å²) in [7, 11) is -3.39. The fraction of sp³-hybridized carbons (Fsp3) is 0.294. The van der Waals surface area contributed by atoms with Crippen LogP contribution in [0.1, 0.15) is 24.2 Å². The van der Waals surface area contributed by atoms with Crippen LogP contribution in [0.4, 0.5) is 0 Å². The zero-order chi connectivity index (χ0) is 15.6. The number of hydrogen-bond donors (Lipinski definition) is 0. The Morgan fingerprint density at radius 1 is 1.05 bits per heavy atom. The highest BCUT2D eigenvalue weighted by atomic mass is 32.2. The van der Waals surface area contributed by atoms with E-state index < -0.39 is 16.3 Å². The minimum Gasteiger partial charge on any atom is -0.353 e. The molecule has 1 aliphatic rings. The van der Waals surface area contributed by atoms with E-state index in [0.29, 0.717) is 6.54 Å². The van der Waals surface area contributed by atoms with Gasteiger partial charge in [-0.1, -0.05) is 60.7 Å². The third kappa shape index (κ3) is 3.21. The Balaban J connectivity index is 1.77. The zero-order valence-electron chi connectivity index (χ0n) is 12.4. The first kappa shape index (κ1) is 15.2. The van der Waals surface area contributed by atoms with Gasteiger partial charge in [-0.2, -0.15) is 4.31 Å². The standard InChI is InChI=1S/C17H19NO3S/c1-14-18(12-17(21-14)16-10-6-3-7-11-16)22(19,20)13-15-8-4-2-5-9-15/h2-11,14,17H,12-13H2,1H3. The predicted octanol–water partition coefficient (Wildman–Crippen LogP) is 2.94. The van der Waals surface area contributed by atoms with Crippen LogP contribution in [0.15, 0.2) is 60.7 Å². The molecular weight excluding hydrogens is 298 g/mol. The molecule has 2 aromatic rings. The Morgan fingerprint density at radius 2 is 1.64 bits per heavy atom. The second-order valence-corrected chi connectivity index (χ2v) is 7.37. The van der Waals surface area contributed by atoms with Gasteiger partial charge in [0, 0.05) is 6.54 Å². The summed E-state index contributed by atoms with van der Waals surface area (Å²) in [6.07, 6.45) is -0.652. The predicted molar refractivity (Wildman–Crippen MR) is 85.5 cm³/mol. The molecule has 1 aliphatic heterocycles. The van der Waals surface area contributed by atoms with Gasteiger partial charge in [-0.15, -0.1) is 0 Å². The smallest absolute Gasteiger partial charge is 0.220 e. The van der Waals surface area contributed by atoms with Crippen molar-refractivity contribution in [2.75, 3.05) is 6.54 Å². The monoisotopic (exact) mass is 317 g/mol. The molecule has 22 heavy (non-hydrogen) atoms. The van der Waals surface area contributed by atoms with Crippen LogP contribution < -0.4 is 0 Å². The fourth-order valence-electron chi connectivity index (χ4n) is 2.72. The van der Waals surface area contributed by atoms with Crippen molar-refractivity contribution in [3.8, 4) is 0 Å². The first-order chi connectivity index (χ1) is 10.6. The summed E-state index contributed by atoms with van der Waals surface area (Å²) in [6.45, 7) is 2.14. The molecule has 3 rings (SSSR count). The molecule has 0 aliphatic carbocycles. The molecule has 0 radical (unpaired) electrons. The molecule has 4 nitrogen and oxygen atoms in total. The molecular formula is C17H19NO3S. The second kappa shape index (κ2) is 6.20. The third-order valence-electron chi connectivity index (χ3n) is 3.83. The van der Waals surface area contributed by atoms with E-state index in [-0.39, 0.29) is 11.9 Å². The minimum absolute atomic E-state index is 0.00303. The molecule has 0 aromatic heterocycles. The summed E-state index contributed by atoms with van der Waals surface area (Å²) in [5.74, 6) is 0.00303. The van der Waals surface area contributed by atoms with Gasteiger partial charge in [0.2, 0.25) is 10.0 Å². The van der Waals surface area contributed by atoms with Crippen LogP contribution in [-0.4, -0.2) is 25.5 Å². The quantitative estimate of drug-likeness (QED) is 0.871. The molecule has 2 unspecified atom stereocenters. The molecule has 1 fully saturated rings. The van der Waals surface area contributed by atoms with E-state index in [1.807, 2.05) is 60.7 Å². The van der Waals surface area contributed by atoms with Crippen LogP contribution in [0, 0.1) is 0 Å². The Kier molecular flexibility index (Phi) is 4.29. The highest BCUT2D eigenvalue weighted by molar-refractivity contribution is 7.88. The van der Waals surface area contributed by atoms with Crippen molar-refractivity contribution < 1.29 is 13.2 Å². The highest BCUT2D eigenvalue weighted by Crippen LogP contribution is 2.31.